The first-order valence-electron chi connectivity index (χ1n) is 7.23. The van der Waals surface area contributed by atoms with Crippen LogP contribution in [0.5, 0.6) is 0 Å². The Morgan fingerprint density at radius 1 is 0.821 bits per heavy atom. The zero-order valence-electron chi connectivity index (χ0n) is 14.2. The van der Waals surface area contributed by atoms with Crippen molar-refractivity contribution in [1.29, 1.82) is 0 Å². The molecule has 0 aliphatic rings. The standard InChI is InChI=1S/C14H16O14/c1-5(15)27-8(17)3-14(26,13(24)25)4-9(18)28-7(16)2-6(11(20)21)10(19)12(22)23/h6,10,19,26H,2-4H2,1H3,(H,20,21)(H,22,23)(H,24,25). The van der Waals surface area contributed by atoms with Crippen LogP contribution in [0, 0.1) is 5.92 Å². The van der Waals surface area contributed by atoms with Gasteiger partial charge in [-0.3, -0.25) is 24.0 Å². The van der Waals surface area contributed by atoms with E-state index in [1.807, 2.05) is 0 Å². The maximum Gasteiger partial charge on any atom is 0.336 e. The molecule has 0 saturated carbocycles. The van der Waals surface area contributed by atoms with Gasteiger partial charge in [-0.2, -0.15) is 0 Å². The Balaban J connectivity index is 5.07. The number of carboxylic acids is 3. The highest BCUT2D eigenvalue weighted by Gasteiger charge is 2.43. The molecule has 0 saturated heterocycles. The van der Waals surface area contributed by atoms with Crippen molar-refractivity contribution in [1.82, 2.24) is 0 Å². The third-order valence-corrected chi connectivity index (χ3v) is 3.09. The number of ether oxygens (including phenoxy) is 2. The Morgan fingerprint density at radius 2 is 1.29 bits per heavy atom. The predicted octanol–water partition coefficient (Wildman–Crippen LogP) is -2.72. The molecule has 0 spiro atoms. The van der Waals surface area contributed by atoms with Crippen LogP contribution in [0.25, 0.3) is 0 Å². The second kappa shape index (κ2) is 10.1. The minimum atomic E-state index is -3.11. The fourth-order valence-corrected chi connectivity index (χ4v) is 1.78. The molecule has 3 unspecified atom stereocenters. The first kappa shape index (κ1) is 24.6. The van der Waals surface area contributed by atoms with Crippen LogP contribution in [-0.2, 0) is 43.0 Å². The summed E-state index contributed by atoms with van der Waals surface area (Å²) in [5, 5.41) is 45.3. The molecule has 0 bridgehead atoms. The number of aliphatic hydroxyl groups excluding tert-OH is 1. The molecular weight excluding hydrogens is 392 g/mol. The van der Waals surface area contributed by atoms with E-state index in [-0.39, 0.29) is 0 Å². The topological polar surface area (TPSA) is 239 Å². The van der Waals surface area contributed by atoms with Gasteiger partial charge < -0.3 is 35.0 Å². The van der Waals surface area contributed by atoms with Crippen molar-refractivity contribution in [2.24, 2.45) is 5.92 Å². The van der Waals surface area contributed by atoms with Gasteiger partial charge in [-0.25, -0.2) is 9.59 Å². The smallest absolute Gasteiger partial charge is 0.336 e. The number of aliphatic hydroxyl groups is 2. The van der Waals surface area contributed by atoms with Crippen LogP contribution in [0.3, 0.4) is 0 Å². The van der Waals surface area contributed by atoms with Crippen molar-refractivity contribution in [2.75, 3.05) is 0 Å². The number of esters is 4. The van der Waals surface area contributed by atoms with Crippen LogP contribution >= 0.6 is 0 Å². The van der Waals surface area contributed by atoms with E-state index in [1.54, 1.807) is 0 Å². The highest BCUT2D eigenvalue weighted by molar-refractivity contribution is 5.95. The summed E-state index contributed by atoms with van der Waals surface area (Å²) >= 11 is 0. The van der Waals surface area contributed by atoms with Crippen LogP contribution in [0.4, 0.5) is 0 Å². The van der Waals surface area contributed by atoms with E-state index in [0.717, 1.165) is 6.92 Å². The molecule has 3 atom stereocenters. The van der Waals surface area contributed by atoms with E-state index in [2.05, 4.69) is 9.47 Å². The molecule has 0 rings (SSSR count). The molecule has 0 radical (unpaired) electrons. The first-order valence-corrected chi connectivity index (χ1v) is 7.23. The number of hydrogen-bond donors (Lipinski definition) is 5. The Kier molecular flexibility index (Phi) is 8.86. The third-order valence-electron chi connectivity index (χ3n) is 3.09. The van der Waals surface area contributed by atoms with Crippen molar-refractivity contribution >= 4 is 41.8 Å². The number of carboxylic acid groups (broad SMARTS) is 3. The third kappa shape index (κ3) is 7.88. The number of rotatable bonds is 10. The monoisotopic (exact) mass is 408 g/mol. The Labute approximate surface area is 155 Å². The van der Waals surface area contributed by atoms with Gasteiger partial charge in [0.05, 0.1) is 19.3 Å². The van der Waals surface area contributed by atoms with Crippen molar-refractivity contribution in [3.05, 3.63) is 0 Å². The summed E-state index contributed by atoms with van der Waals surface area (Å²) in [7, 11) is 0. The maximum atomic E-state index is 11.6. The van der Waals surface area contributed by atoms with Crippen LogP contribution in [-0.4, -0.2) is 79.0 Å². The zero-order chi connectivity index (χ0) is 22.2. The van der Waals surface area contributed by atoms with Gasteiger partial charge in [0, 0.05) is 6.92 Å². The van der Waals surface area contributed by atoms with Gasteiger partial charge in [-0.15, -0.1) is 0 Å². The lowest BCUT2D eigenvalue weighted by Gasteiger charge is -2.21. The summed E-state index contributed by atoms with van der Waals surface area (Å²) in [4.78, 5) is 77.6. The number of hydrogen-bond acceptors (Lipinski definition) is 11. The van der Waals surface area contributed by atoms with E-state index >= 15 is 0 Å². The molecule has 156 valence electrons. The molecule has 28 heavy (non-hydrogen) atoms. The van der Waals surface area contributed by atoms with Crippen molar-refractivity contribution < 1.29 is 68.6 Å². The normalized spacial score (nSPS) is 14.7. The summed E-state index contributed by atoms with van der Waals surface area (Å²) in [6.07, 6.45) is -6.61. The van der Waals surface area contributed by atoms with E-state index < -0.39 is 78.7 Å². The highest BCUT2D eigenvalue weighted by atomic mass is 16.6. The van der Waals surface area contributed by atoms with Crippen LogP contribution in [0.15, 0.2) is 0 Å². The molecule has 0 aliphatic carbocycles. The van der Waals surface area contributed by atoms with Gasteiger partial charge in [-0.05, 0) is 0 Å². The molecule has 0 fully saturated rings. The van der Waals surface area contributed by atoms with Crippen molar-refractivity contribution in [2.45, 2.75) is 37.9 Å². The molecule has 14 nitrogen and oxygen atoms in total. The molecule has 0 amide bonds. The summed E-state index contributed by atoms with van der Waals surface area (Å²) in [5.74, 6) is -14.1. The van der Waals surface area contributed by atoms with Gasteiger partial charge in [0.2, 0.25) is 0 Å². The summed E-state index contributed by atoms with van der Waals surface area (Å²) < 4.78 is 8.10. The molecule has 14 heteroatoms. The molecule has 5 N–H and O–H groups in total. The Morgan fingerprint density at radius 3 is 1.64 bits per heavy atom. The Bertz CT molecular complexity index is 694. The highest BCUT2D eigenvalue weighted by Crippen LogP contribution is 2.19. The number of carbonyl (C=O) groups excluding carboxylic acids is 4. The second-order valence-corrected chi connectivity index (χ2v) is 5.43. The van der Waals surface area contributed by atoms with Crippen molar-refractivity contribution in [3.63, 3.8) is 0 Å². The maximum absolute atomic E-state index is 11.6. The van der Waals surface area contributed by atoms with Gasteiger partial charge in [0.15, 0.2) is 11.7 Å². The van der Waals surface area contributed by atoms with Gasteiger partial charge >= 0.3 is 41.8 Å². The molecule has 0 aromatic heterocycles. The molecule has 0 heterocycles. The van der Waals surface area contributed by atoms with Gasteiger partial charge in [0.25, 0.3) is 0 Å². The molecule has 0 aromatic rings. The lowest BCUT2D eigenvalue weighted by atomic mass is 9.95. The average Bonchev–Trinajstić information content (AvgIpc) is 2.49. The second-order valence-electron chi connectivity index (χ2n) is 5.43. The van der Waals surface area contributed by atoms with E-state index in [1.165, 1.54) is 0 Å². The molecular formula is C14H16O14. The fourth-order valence-electron chi connectivity index (χ4n) is 1.78. The minimum Gasteiger partial charge on any atom is -0.481 e. The fraction of sp³-hybridized carbons (Fsp3) is 0.500. The summed E-state index contributed by atoms with van der Waals surface area (Å²) in [6, 6.07) is 0. The van der Waals surface area contributed by atoms with Crippen LogP contribution in [0.2, 0.25) is 0 Å². The number of carbonyl (C=O) groups is 7. The average molecular weight is 408 g/mol. The van der Waals surface area contributed by atoms with Crippen molar-refractivity contribution in [3.8, 4) is 0 Å². The van der Waals surface area contributed by atoms with E-state index in [9.17, 15) is 43.8 Å². The number of aliphatic carboxylic acids is 3. The summed E-state index contributed by atoms with van der Waals surface area (Å²) in [5.41, 5.74) is -3.11. The largest absolute Gasteiger partial charge is 0.481 e. The van der Waals surface area contributed by atoms with Crippen LogP contribution < -0.4 is 0 Å². The predicted molar refractivity (Wildman–Crippen MR) is 79.1 cm³/mol. The lowest BCUT2D eigenvalue weighted by molar-refractivity contribution is -0.177. The van der Waals surface area contributed by atoms with E-state index in [0.29, 0.717) is 0 Å². The van der Waals surface area contributed by atoms with E-state index in [4.69, 9.17) is 15.3 Å². The quantitative estimate of drug-likeness (QED) is 0.182. The first-order chi connectivity index (χ1) is 12.7. The molecule has 0 aliphatic heterocycles. The van der Waals surface area contributed by atoms with Gasteiger partial charge in [-0.1, -0.05) is 0 Å². The lowest BCUT2D eigenvalue weighted by Crippen LogP contribution is -2.44. The molecule has 0 aromatic carbocycles. The minimum absolute atomic E-state index is 0.815. The Hall–Kier alpha value is -3.39. The summed E-state index contributed by atoms with van der Waals surface area (Å²) in [6.45, 7) is 0.815. The zero-order valence-corrected chi connectivity index (χ0v) is 14.2. The van der Waals surface area contributed by atoms with Crippen LogP contribution in [0.1, 0.15) is 26.2 Å². The SMILES string of the molecule is CC(=O)OC(=O)CC(O)(CC(=O)OC(=O)CC(C(=O)O)C(O)C(=O)O)C(=O)O. The van der Waals surface area contributed by atoms with Gasteiger partial charge in [0.1, 0.15) is 5.92 Å².